The zero-order chi connectivity index (χ0) is 11.3. The second-order valence-electron chi connectivity index (χ2n) is 3.54. The van der Waals surface area contributed by atoms with Crippen molar-refractivity contribution in [3.8, 4) is 11.8 Å². The van der Waals surface area contributed by atoms with Crippen LogP contribution in [0.15, 0.2) is 18.2 Å². The van der Waals surface area contributed by atoms with Crippen LogP contribution < -0.4 is 10.5 Å². The lowest BCUT2D eigenvalue weighted by atomic mass is 10.1. The summed E-state index contributed by atoms with van der Waals surface area (Å²) in [5.74, 6) is 0.764. The normalized spacial score (nSPS) is 11.9. The molecule has 0 bridgehead atoms. The van der Waals surface area contributed by atoms with E-state index in [1.807, 2.05) is 31.2 Å². The molecule has 0 saturated carbocycles. The average molecular weight is 204 g/mol. The van der Waals surface area contributed by atoms with Crippen molar-refractivity contribution in [2.45, 2.75) is 26.4 Å². The molecule has 1 atom stereocenters. The molecule has 0 aliphatic carbocycles. The minimum absolute atomic E-state index is 0.427. The summed E-state index contributed by atoms with van der Waals surface area (Å²) < 4.78 is 5.49. The number of benzene rings is 1. The van der Waals surface area contributed by atoms with Gasteiger partial charge in [0.2, 0.25) is 0 Å². The van der Waals surface area contributed by atoms with Gasteiger partial charge in [0.25, 0.3) is 0 Å². The van der Waals surface area contributed by atoms with Gasteiger partial charge in [-0.15, -0.1) is 0 Å². The summed E-state index contributed by atoms with van der Waals surface area (Å²) in [5, 5.41) is 8.67. The third-order valence-corrected chi connectivity index (χ3v) is 2.12. The van der Waals surface area contributed by atoms with Crippen LogP contribution in [0, 0.1) is 18.3 Å². The third kappa shape index (κ3) is 3.26. The fraction of sp³-hybridized carbons (Fsp3) is 0.417. The quantitative estimate of drug-likeness (QED) is 0.813. The first-order chi connectivity index (χ1) is 7.17. The Balaban J connectivity index is 2.91. The lowest BCUT2D eigenvalue weighted by Gasteiger charge is -2.12. The van der Waals surface area contributed by atoms with E-state index >= 15 is 0 Å². The molecule has 0 fully saturated rings. The van der Waals surface area contributed by atoms with E-state index in [1.54, 1.807) is 6.92 Å². The van der Waals surface area contributed by atoms with E-state index in [1.165, 1.54) is 5.56 Å². The minimum Gasteiger partial charge on any atom is -0.476 e. The second kappa shape index (κ2) is 5.38. The molecule has 80 valence electrons. The summed E-state index contributed by atoms with van der Waals surface area (Å²) in [5.41, 5.74) is 7.77. The highest BCUT2D eigenvalue weighted by molar-refractivity contribution is 5.37. The molecule has 0 aliphatic rings. The minimum atomic E-state index is -0.427. The van der Waals surface area contributed by atoms with Crippen LogP contribution in [-0.4, -0.2) is 12.6 Å². The first kappa shape index (κ1) is 11.5. The highest BCUT2D eigenvalue weighted by Crippen LogP contribution is 2.21. The van der Waals surface area contributed by atoms with Crippen LogP contribution >= 0.6 is 0 Å². The molecule has 0 spiro atoms. The number of ether oxygens (including phenoxy) is 1. The average Bonchev–Trinajstić information content (AvgIpc) is 2.22. The van der Waals surface area contributed by atoms with E-state index in [0.29, 0.717) is 6.54 Å². The van der Waals surface area contributed by atoms with Crippen LogP contribution in [0.5, 0.6) is 5.75 Å². The molecule has 0 aliphatic heterocycles. The van der Waals surface area contributed by atoms with Crippen LogP contribution in [0.1, 0.15) is 18.1 Å². The number of nitrogens with two attached hydrogens (primary N) is 1. The Morgan fingerprint density at radius 3 is 2.87 bits per heavy atom. The van der Waals surface area contributed by atoms with Gasteiger partial charge in [-0.05, 0) is 38.4 Å². The van der Waals surface area contributed by atoms with Crippen molar-refractivity contribution in [2.75, 3.05) is 6.54 Å². The first-order valence-corrected chi connectivity index (χ1v) is 5.03. The molecule has 0 radical (unpaired) electrons. The molecule has 0 heterocycles. The molecule has 1 unspecified atom stereocenters. The Bertz CT molecular complexity index is 368. The van der Waals surface area contributed by atoms with Crippen molar-refractivity contribution in [3.05, 3.63) is 29.3 Å². The van der Waals surface area contributed by atoms with Crippen molar-refractivity contribution in [1.29, 1.82) is 5.26 Å². The van der Waals surface area contributed by atoms with Gasteiger partial charge in [-0.2, -0.15) is 5.26 Å². The number of hydrogen-bond acceptors (Lipinski definition) is 3. The fourth-order valence-corrected chi connectivity index (χ4v) is 1.39. The van der Waals surface area contributed by atoms with Crippen LogP contribution in [0.25, 0.3) is 0 Å². The standard InChI is InChI=1S/C12H16N2O/c1-9-3-4-12(15-10(2)8-14)11(7-9)5-6-13/h3-4,7,10H,5-6,13H2,1-2H3. The molecule has 15 heavy (non-hydrogen) atoms. The summed E-state index contributed by atoms with van der Waals surface area (Å²) in [4.78, 5) is 0. The molecule has 0 aromatic heterocycles. The molecule has 0 amide bonds. The highest BCUT2D eigenvalue weighted by atomic mass is 16.5. The molecule has 3 nitrogen and oxygen atoms in total. The van der Waals surface area contributed by atoms with Gasteiger partial charge in [-0.1, -0.05) is 17.7 Å². The van der Waals surface area contributed by atoms with Gasteiger partial charge in [0.1, 0.15) is 11.8 Å². The van der Waals surface area contributed by atoms with Crippen molar-refractivity contribution < 1.29 is 4.74 Å². The molecule has 1 aromatic carbocycles. The smallest absolute Gasteiger partial charge is 0.181 e. The maximum atomic E-state index is 8.67. The van der Waals surface area contributed by atoms with Gasteiger partial charge in [-0.25, -0.2) is 0 Å². The predicted molar refractivity (Wildman–Crippen MR) is 59.6 cm³/mol. The lowest BCUT2D eigenvalue weighted by Crippen LogP contribution is -2.11. The molecular weight excluding hydrogens is 188 g/mol. The van der Waals surface area contributed by atoms with Crippen molar-refractivity contribution in [1.82, 2.24) is 0 Å². The van der Waals surface area contributed by atoms with Gasteiger partial charge in [0, 0.05) is 0 Å². The van der Waals surface area contributed by atoms with Gasteiger partial charge in [0.05, 0.1) is 0 Å². The van der Waals surface area contributed by atoms with Crippen LogP contribution in [0.2, 0.25) is 0 Å². The summed E-state index contributed by atoms with van der Waals surface area (Å²) >= 11 is 0. The molecule has 2 N–H and O–H groups in total. The topological polar surface area (TPSA) is 59.0 Å². The van der Waals surface area contributed by atoms with E-state index in [4.69, 9.17) is 15.7 Å². The Morgan fingerprint density at radius 2 is 2.27 bits per heavy atom. The summed E-state index contributed by atoms with van der Waals surface area (Å²) in [6.07, 6.45) is 0.346. The van der Waals surface area contributed by atoms with Crippen molar-refractivity contribution >= 4 is 0 Å². The van der Waals surface area contributed by atoms with E-state index in [9.17, 15) is 0 Å². The van der Waals surface area contributed by atoms with E-state index in [2.05, 4.69) is 0 Å². The number of nitriles is 1. The van der Waals surface area contributed by atoms with Crippen LogP contribution in [0.3, 0.4) is 0 Å². The Morgan fingerprint density at radius 1 is 1.53 bits per heavy atom. The van der Waals surface area contributed by atoms with Crippen molar-refractivity contribution in [2.24, 2.45) is 5.73 Å². The van der Waals surface area contributed by atoms with Gasteiger partial charge in [0.15, 0.2) is 6.10 Å². The summed E-state index contributed by atoms with van der Waals surface area (Å²) in [6.45, 7) is 4.34. The van der Waals surface area contributed by atoms with Crippen LogP contribution in [0.4, 0.5) is 0 Å². The van der Waals surface area contributed by atoms with Crippen LogP contribution in [-0.2, 0) is 6.42 Å². The lowest BCUT2D eigenvalue weighted by molar-refractivity contribution is 0.273. The van der Waals surface area contributed by atoms with E-state index in [-0.39, 0.29) is 0 Å². The monoisotopic (exact) mass is 204 g/mol. The highest BCUT2D eigenvalue weighted by Gasteiger charge is 2.07. The number of nitrogens with zero attached hydrogens (tertiary/aromatic N) is 1. The predicted octanol–water partition coefficient (Wildman–Crippen LogP) is 1.79. The number of rotatable bonds is 4. The Kier molecular flexibility index (Phi) is 4.14. The van der Waals surface area contributed by atoms with Gasteiger partial charge < -0.3 is 10.5 Å². The van der Waals surface area contributed by atoms with Gasteiger partial charge in [-0.3, -0.25) is 0 Å². The zero-order valence-electron chi connectivity index (χ0n) is 9.16. The third-order valence-electron chi connectivity index (χ3n) is 2.12. The Hall–Kier alpha value is -1.53. The van der Waals surface area contributed by atoms with E-state index in [0.717, 1.165) is 17.7 Å². The molecule has 1 rings (SSSR count). The Labute approximate surface area is 90.5 Å². The van der Waals surface area contributed by atoms with Crippen molar-refractivity contribution in [3.63, 3.8) is 0 Å². The molecule has 1 aromatic rings. The maximum absolute atomic E-state index is 8.67. The largest absolute Gasteiger partial charge is 0.476 e. The summed E-state index contributed by atoms with van der Waals surface area (Å²) in [6, 6.07) is 7.96. The molecule has 0 saturated heterocycles. The van der Waals surface area contributed by atoms with Gasteiger partial charge >= 0.3 is 0 Å². The SMILES string of the molecule is Cc1ccc(OC(C)C#N)c(CCN)c1. The van der Waals surface area contributed by atoms with E-state index < -0.39 is 6.10 Å². The molecule has 3 heteroatoms. The number of aryl methyl sites for hydroxylation is 1. The second-order valence-corrected chi connectivity index (χ2v) is 3.54. The molecular formula is C12H16N2O. The summed E-state index contributed by atoms with van der Waals surface area (Å²) in [7, 11) is 0. The first-order valence-electron chi connectivity index (χ1n) is 5.03. The number of hydrogen-bond donors (Lipinski definition) is 1. The zero-order valence-corrected chi connectivity index (χ0v) is 9.16. The maximum Gasteiger partial charge on any atom is 0.181 e. The fourth-order valence-electron chi connectivity index (χ4n) is 1.39.